The molecule has 1 aliphatic rings. The molecule has 0 bridgehead atoms. The van der Waals surface area contributed by atoms with Gasteiger partial charge in [0, 0.05) is 59.8 Å². The second kappa shape index (κ2) is 9.57. The highest BCUT2D eigenvalue weighted by Crippen LogP contribution is 2.32. The molecule has 1 unspecified atom stereocenters. The van der Waals surface area contributed by atoms with Gasteiger partial charge in [-0.1, -0.05) is 30.3 Å². The molecule has 0 spiro atoms. The Bertz CT molecular complexity index is 1000. The molecule has 2 heterocycles. The van der Waals surface area contributed by atoms with E-state index in [1.165, 1.54) is 10.3 Å². The Labute approximate surface area is 181 Å². The third-order valence-electron chi connectivity index (χ3n) is 5.60. The average molecular weight is 429 g/mol. The highest BCUT2D eigenvalue weighted by Gasteiger charge is 2.26. The van der Waals surface area contributed by atoms with Gasteiger partial charge in [-0.15, -0.1) is 23.7 Å². The number of hydrogen-bond donors (Lipinski definition) is 1. The van der Waals surface area contributed by atoms with Crippen molar-refractivity contribution in [1.29, 1.82) is 0 Å². The number of phenols is 1. The third kappa shape index (κ3) is 4.72. The average Bonchev–Trinajstić information content (AvgIpc) is 3.15. The van der Waals surface area contributed by atoms with Crippen molar-refractivity contribution in [2.45, 2.75) is 19.5 Å². The van der Waals surface area contributed by atoms with Crippen molar-refractivity contribution >= 4 is 45.3 Å². The van der Waals surface area contributed by atoms with E-state index in [0.29, 0.717) is 5.75 Å². The number of carbonyl (C=O) groups excluding carboxylic acids is 1. The highest BCUT2D eigenvalue weighted by atomic mass is 35.5. The number of benzene rings is 2. The third-order valence-corrected chi connectivity index (χ3v) is 6.56. The molecule has 1 N–H and O–H groups in total. The Morgan fingerprint density at radius 2 is 1.79 bits per heavy atom. The molecule has 1 saturated heterocycles. The number of rotatable bonds is 5. The van der Waals surface area contributed by atoms with Crippen molar-refractivity contribution < 1.29 is 9.90 Å². The fourth-order valence-electron chi connectivity index (χ4n) is 3.90. The molecule has 0 saturated carbocycles. The first-order valence-corrected chi connectivity index (χ1v) is 10.5. The zero-order valence-electron chi connectivity index (χ0n) is 16.4. The van der Waals surface area contributed by atoms with Crippen LogP contribution in [0.15, 0.2) is 53.9 Å². The minimum atomic E-state index is 0. The van der Waals surface area contributed by atoms with Gasteiger partial charge in [0.25, 0.3) is 0 Å². The van der Waals surface area contributed by atoms with Gasteiger partial charge in [-0.3, -0.25) is 9.80 Å². The Morgan fingerprint density at radius 3 is 2.48 bits per heavy atom. The predicted octanol–water partition coefficient (Wildman–Crippen LogP) is 4.45. The van der Waals surface area contributed by atoms with Crippen LogP contribution < -0.4 is 0 Å². The molecule has 0 aliphatic carbocycles. The van der Waals surface area contributed by atoms with Crippen molar-refractivity contribution in [1.82, 2.24) is 9.80 Å². The fourth-order valence-corrected chi connectivity index (χ4v) is 4.86. The molecule has 2 aromatic carbocycles. The van der Waals surface area contributed by atoms with Crippen LogP contribution in [0.2, 0.25) is 0 Å². The number of aromatic hydroxyl groups is 1. The second-order valence-corrected chi connectivity index (χ2v) is 8.23. The first kappa shape index (κ1) is 21.6. The maximum atomic E-state index is 11.8. The van der Waals surface area contributed by atoms with E-state index in [4.69, 9.17) is 0 Å². The summed E-state index contributed by atoms with van der Waals surface area (Å²) in [4.78, 5) is 16.6. The molecular weight excluding hydrogens is 404 g/mol. The topological polar surface area (TPSA) is 43.8 Å². The lowest BCUT2D eigenvalue weighted by Crippen LogP contribution is -2.49. The maximum absolute atomic E-state index is 11.8. The first-order valence-electron chi connectivity index (χ1n) is 9.61. The van der Waals surface area contributed by atoms with Crippen molar-refractivity contribution in [3.05, 3.63) is 65.0 Å². The number of halogens is 1. The quantitative estimate of drug-likeness (QED) is 0.610. The van der Waals surface area contributed by atoms with Gasteiger partial charge in [-0.05, 0) is 30.7 Å². The monoisotopic (exact) mass is 428 g/mol. The van der Waals surface area contributed by atoms with E-state index < -0.39 is 0 Å². The molecule has 1 aliphatic heterocycles. The van der Waals surface area contributed by atoms with E-state index >= 15 is 0 Å². The Kier molecular flexibility index (Phi) is 7.12. The van der Waals surface area contributed by atoms with Crippen molar-refractivity contribution in [3.63, 3.8) is 0 Å². The molecule has 0 radical (unpaired) electrons. The lowest BCUT2D eigenvalue weighted by molar-refractivity contribution is 0.115. The number of piperazine rings is 1. The van der Waals surface area contributed by atoms with Gasteiger partial charge in [0.15, 0.2) is 0 Å². The Hall–Kier alpha value is -2.14. The summed E-state index contributed by atoms with van der Waals surface area (Å²) < 4.78 is 1.20. The summed E-state index contributed by atoms with van der Waals surface area (Å²) in [5, 5.41) is 12.7. The highest BCUT2D eigenvalue weighted by molar-refractivity contribution is 7.17. The molecule has 152 valence electrons. The van der Waals surface area contributed by atoms with Gasteiger partial charge in [-0.2, -0.15) is 0 Å². The van der Waals surface area contributed by atoms with Gasteiger partial charge in [0.1, 0.15) is 11.7 Å². The van der Waals surface area contributed by atoms with Crippen LogP contribution in [0.4, 0.5) is 0 Å². The molecule has 3 aromatic rings. The molecule has 4 rings (SSSR count). The minimum Gasteiger partial charge on any atom is -0.508 e. The number of nitrogens with zero attached hydrogens (tertiary/aromatic N) is 2. The summed E-state index contributed by atoms with van der Waals surface area (Å²) in [5.41, 5.74) is 2.98. The van der Waals surface area contributed by atoms with Crippen molar-refractivity contribution in [3.8, 4) is 5.75 Å². The molecule has 29 heavy (non-hydrogen) atoms. The molecule has 4 nitrogen and oxygen atoms in total. The zero-order chi connectivity index (χ0) is 19.5. The van der Waals surface area contributed by atoms with E-state index in [-0.39, 0.29) is 18.4 Å². The molecule has 1 atom stereocenters. The number of hydrogen-bond acceptors (Lipinski definition) is 5. The number of fused-ring (bicyclic) bond motifs is 1. The molecule has 1 fully saturated rings. The summed E-state index contributed by atoms with van der Waals surface area (Å²) in [6, 6.07) is 15.7. The fraction of sp³-hybridized carbons (Fsp3) is 0.304. The lowest BCUT2D eigenvalue weighted by Gasteiger charge is -2.38. The van der Waals surface area contributed by atoms with Crippen LogP contribution in [-0.4, -0.2) is 53.1 Å². The summed E-state index contributed by atoms with van der Waals surface area (Å²) in [6.07, 6.45) is 0. The van der Waals surface area contributed by atoms with Crippen LogP contribution in [0.25, 0.3) is 15.7 Å². The van der Waals surface area contributed by atoms with Crippen LogP contribution in [0.3, 0.4) is 0 Å². The molecule has 1 aromatic heterocycles. The van der Waals surface area contributed by atoms with Crippen LogP contribution in [0, 0.1) is 0 Å². The standard InChI is InChI=1S/C23H24N2O2S.ClH/c1-17(21(15-26)22-16-28-23-5-3-2-4-20(22)23)25-12-10-24(11-13-25)14-18-6-8-19(27)9-7-18;/h2-9,16-17,27H,10-14H2,1H3;1H. The predicted molar refractivity (Wildman–Crippen MR) is 123 cm³/mol. The minimum absolute atomic E-state index is 0. The Morgan fingerprint density at radius 1 is 1.10 bits per heavy atom. The van der Waals surface area contributed by atoms with Crippen LogP contribution >= 0.6 is 23.7 Å². The summed E-state index contributed by atoms with van der Waals surface area (Å²) in [6.45, 7) is 6.76. The van der Waals surface area contributed by atoms with Gasteiger partial charge < -0.3 is 5.11 Å². The van der Waals surface area contributed by atoms with Crippen molar-refractivity contribution in [2.24, 2.45) is 0 Å². The van der Waals surface area contributed by atoms with Crippen LogP contribution in [-0.2, 0) is 11.3 Å². The van der Waals surface area contributed by atoms with Crippen LogP contribution in [0.1, 0.15) is 18.1 Å². The molecular formula is C23H25ClN2O2S. The lowest BCUT2D eigenvalue weighted by atomic mass is 9.98. The normalized spacial score (nSPS) is 16.2. The number of phenolic OH excluding ortho intramolecular Hbond substituents is 1. The summed E-state index contributed by atoms with van der Waals surface area (Å²) in [7, 11) is 0. The van der Waals surface area contributed by atoms with Gasteiger partial charge in [-0.25, -0.2) is 4.79 Å². The van der Waals surface area contributed by atoms with Gasteiger partial charge in [0.2, 0.25) is 0 Å². The first-order chi connectivity index (χ1) is 13.7. The van der Waals surface area contributed by atoms with E-state index in [9.17, 15) is 9.90 Å². The Balaban J connectivity index is 0.00000240. The van der Waals surface area contributed by atoms with Crippen LogP contribution in [0.5, 0.6) is 5.75 Å². The maximum Gasteiger partial charge on any atom is 0.130 e. The second-order valence-electron chi connectivity index (χ2n) is 7.32. The van der Waals surface area contributed by atoms with E-state index in [1.54, 1.807) is 23.5 Å². The van der Waals surface area contributed by atoms with Gasteiger partial charge >= 0.3 is 0 Å². The number of thiophene rings is 1. The largest absolute Gasteiger partial charge is 0.508 e. The SMILES string of the molecule is CC(C(=C=O)c1csc2ccccc12)N1CCN(Cc2ccc(O)cc2)CC1.Cl. The van der Waals surface area contributed by atoms with E-state index in [1.807, 2.05) is 24.3 Å². The van der Waals surface area contributed by atoms with E-state index in [2.05, 4.69) is 40.2 Å². The molecule has 6 heteroatoms. The smallest absolute Gasteiger partial charge is 0.130 e. The zero-order valence-corrected chi connectivity index (χ0v) is 18.0. The van der Waals surface area contributed by atoms with Gasteiger partial charge in [0.05, 0.1) is 5.57 Å². The molecule has 0 amide bonds. The summed E-state index contributed by atoms with van der Waals surface area (Å²) >= 11 is 1.68. The van der Waals surface area contributed by atoms with Crippen molar-refractivity contribution in [2.75, 3.05) is 26.2 Å². The summed E-state index contributed by atoms with van der Waals surface area (Å²) in [5.74, 6) is 2.55. The van der Waals surface area contributed by atoms with E-state index in [0.717, 1.165) is 49.2 Å².